The van der Waals surface area contributed by atoms with Crippen molar-refractivity contribution in [2.24, 2.45) is 5.41 Å². The average molecular weight is 189 g/mol. The third kappa shape index (κ3) is 3.68. The van der Waals surface area contributed by atoms with E-state index >= 15 is 0 Å². The molecular formula is C9H12NNaO2. The van der Waals surface area contributed by atoms with Gasteiger partial charge in [-0.3, -0.25) is 0 Å². The third-order valence-electron chi connectivity index (χ3n) is 2.53. The molecule has 0 aliphatic heterocycles. The number of carbonyl (C=O) groups is 1. The van der Waals surface area contributed by atoms with Gasteiger partial charge in [0.1, 0.15) is 0 Å². The van der Waals surface area contributed by atoms with Crippen LogP contribution in [-0.2, 0) is 4.79 Å². The molecule has 0 amide bonds. The van der Waals surface area contributed by atoms with Gasteiger partial charge in [0, 0.05) is 12.4 Å². The van der Waals surface area contributed by atoms with Gasteiger partial charge in [0.25, 0.3) is 0 Å². The molecule has 1 aliphatic rings. The van der Waals surface area contributed by atoms with E-state index in [1.165, 1.54) is 0 Å². The van der Waals surface area contributed by atoms with Crippen molar-refractivity contribution in [2.75, 3.05) is 0 Å². The van der Waals surface area contributed by atoms with E-state index in [-0.39, 0.29) is 36.0 Å². The Bertz CT molecular complexity index is 216. The molecule has 0 spiro atoms. The number of hydrogen-bond donors (Lipinski definition) is 0. The summed E-state index contributed by atoms with van der Waals surface area (Å²) in [6.07, 6.45) is 4.41. The summed E-state index contributed by atoms with van der Waals surface area (Å²) in [6, 6.07) is 2.13. The topological polar surface area (TPSA) is 63.9 Å². The minimum atomic E-state index is -1.10. The largest absolute Gasteiger partial charge is 1.00 e. The van der Waals surface area contributed by atoms with Gasteiger partial charge in [0.2, 0.25) is 0 Å². The molecule has 0 unspecified atom stereocenters. The summed E-state index contributed by atoms with van der Waals surface area (Å²) < 4.78 is 0. The van der Waals surface area contributed by atoms with Crippen LogP contribution in [0.1, 0.15) is 38.5 Å². The van der Waals surface area contributed by atoms with Crippen LogP contribution < -0.4 is 34.7 Å². The fourth-order valence-corrected chi connectivity index (χ4v) is 1.83. The predicted molar refractivity (Wildman–Crippen MR) is 40.8 cm³/mol. The third-order valence-corrected chi connectivity index (χ3v) is 2.53. The van der Waals surface area contributed by atoms with Gasteiger partial charge in [-0.15, -0.1) is 0 Å². The second-order valence-corrected chi connectivity index (χ2v) is 3.50. The first-order chi connectivity index (χ1) is 5.68. The number of carbonyl (C=O) groups excluding carboxylic acids is 1. The molecular weight excluding hydrogens is 177 g/mol. The van der Waals surface area contributed by atoms with Crippen molar-refractivity contribution in [2.45, 2.75) is 38.5 Å². The first kappa shape index (κ1) is 13.0. The Morgan fingerprint density at radius 1 is 1.38 bits per heavy atom. The summed E-state index contributed by atoms with van der Waals surface area (Å²) in [4.78, 5) is 10.4. The zero-order chi connectivity index (χ0) is 9.03. The minimum Gasteiger partial charge on any atom is -0.550 e. The van der Waals surface area contributed by atoms with Crippen LogP contribution in [0.15, 0.2) is 0 Å². The molecule has 0 bridgehead atoms. The van der Waals surface area contributed by atoms with Crippen LogP contribution >= 0.6 is 0 Å². The van der Waals surface area contributed by atoms with Gasteiger partial charge in [-0.05, 0) is 12.8 Å². The molecule has 0 heterocycles. The van der Waals surface area contributed by atoms with E-state index in [2.05, 4.69) is 6.07 Å². The van der Waals surface area contributed by atoms with Gasteiger partial charge < -0.3 is 9.90 Å². The van der Waals surface area contributed by atoms with Gasteiger partial charge in [0.05, 0.1) is 11.5 Å². The zero-order valence-electron chi connectivity index (χ0n) is 8.01. The first-order valence-electron chi connectivity index (χ1n) is 4.30. The van der Waals surface area contributed by atoms with E-state index in [0.717, 1.165) is 32.1 Å². The van der Waals surface area contributed by atoms with Gasteiger partial charge in [-0.1, -0.05) is 19.3 Å². The van der Waals surface area contributed by atoms with E-state index in [0.29, 0.717) is 0 Å². The number of rotatable bonds is 2. The van der Waals surface area contributed by atoms with Crippen molar-refractivity contribution in [3.8, 4) is 6.07 Å². The van der Waals surface area contributed by atoms with E-state index in [9.17, 15) is 9.90 Å². The summed E-state index contributed by atoms with van der Waals surface area (Å²) in [6.45, 7) is 0. The van der Waals surface area contributed by atoms with Crippen molar-refractivity contribution >= 4 is 5.97 Å². The number of nitrogens with zero attached hydrogens (tertiary/aromatic N) is 1. The molecule has 0 atom stereocenters. The molecule has 13 heavy (non-hydrogen) atoms. The van der Waals surface area contributed by atoms with Gasteiger partial charge in [-0.2, -0.15) is 5.26 Å². The Kier molecular flexibility index (Phi) is 5.62. The number of hydrogen-bond acceptors (Lipinski definition) is 3. The predicted octanol–water partition coefficient (Wildman–Crippen LogP) is -2.40. The molecule has 66 valence electrons. The Hall–Kier alpha value is -0.0400. The van der Waals surface area contributed by atoms with Gasteiger partial charge in [-0.25, -0.2) is 0 Å². The molecule has 1 saturated carbocycles. The van der Waals surface area contributed by atoms with E-state index < -0.39 is 11.4 Å². The zero-order valence-corrected chi connectivity index (χ0v) is 10.0. The maximum Gasteiger partial charge on any atom is 1.00 e. The number of carboxylic acid groups (broad SMARTS) is 1. The summed E-state index contributed by atoms with van der Waals surface area (Å²) in [5, 5.41) is 19.2. The van der Waals surface area contributed by atoms with E-state index in [4.69, 9.17) is 5.26 Å². The quantitative estimate of drug-likeness (QED) is 0.455. The smallest absolute Gasteiger partial charge is 0.550 e. The molecule has 3 nitrogen and oxygen atoms in total. The molecule has 0 N–H and O–H groups in total. The van der Waals surface area contributed by atoms with Crippen LogP contribution in [-0.4, -0.2) is 5.97 Å². The van der Waals surface area contributed by atoms with Crippen molar-refractivity contribution in [3.05, 3.63) is 0 Å². The van der Waals surface area contributed by atoms with E-state index in [1.807, 2.05) is 0 Å². The fourth-order valence-electron chi connectivity index (χ4n) is 1.83. The second kappa shape index (κ2) is 5.64. The van der Waals surface area contributed by atoms with Crippen LogP contribution in [0.4, 0.5) is 0 Å². The van der Waals surface area contributed by atoms with Crippen LogP contribution in [0.3, 0.4) is 0 Å². The maximum absolute atomic E-state index is 10.4. The van der Waals surface area contributed by atoms with Crippen LogP contribution in [0.2, 0.25) is 0 Å². The number of nitriles is 1. The number of carboxylic acids is 1. The van der Waals surface area contributed by atoms with Crippen LogP contribution in [0, 0.1) is 16.7 Å². The summed E-state index contributed by atoms with van der Waals surface area (Å²) in [7, 11) is 0. The van der Waals surface area contributed by atoms with Crippen molar-refractivity contribution in [1.29, 1.82) is 5.26 Å². The maximum atomic E-state index is 10.4. The molecule has 0 radical (unpaired) electrons. The van der Waals surface area contributed by atoms with Crippen LogP contribution in [0.5, 0.6) is 0 Å². The second-order valence-electron chi connectivity index (χ2n) is 3.50. The molecule has 0 aromatic carbocycles. The first-order valence-corrected chi connectivity index (χ1v) is 4.30. The molecule has 0 aromatic rings. The average Bonchev–Trinajstić information content (AvgIpc) is 2.05. The summed E-state index contributed by atoms with van der Waals surface area (Å²) in [5.74, 6) is -1.10. The molecule has 1 rings (SSSR count). The minimum absolute atomic E-state index is 0. The molecule has 0 aromatic heterocycles. The van der Waals surface area contributed by atoms with Gasteiger partial charge >= 0.3 is 29.6 Å². The summed E-state index contributed by atoms with van der Waals surface area (Å²) in [5.41, 5.74) is -0.614. The molecule has 1 aliphatic carbocycles. The Labute approximate surface area is 100 Å². The Morgan fingerprint density at radius 3 is 2.31 bits per heavy atom. The standard InChI is InChI=1S/C9H13NO2.Na/c10-7-9(6-8(11)12)4-2-1-3-5-9;/h1-6H2,(H,11,12);/q;+1/p-1. The molecule has 1 fully saturated rings. The van der Waals surface area contributed by atoms with E-state index in [1.54, 1.807) is 0 Å². The number of aliphatic carboxylic acids is 1. The SMILES string of the molecule is N#CC1(CC(=O)[O-])CCCCC1.[Na+]. The monoisotopic (exact) mass is 189 g/mol. The Balaban J connectivity index is 0.00000144. The molecule has 4 heteroatoms. The molecule has 0 saturated heterocycles. The Morgan fingerprint density at radius 2 is 1.92 bits per heavy atom. The van der Waals surface area contributed by atoms with Crippen molar-refractivity contribution in [3.63, 3.8) is 0 Å². The fraction of sp³-hybridized carbons (Fsp3) is 0.778. The summed E-state index contributed by atoms with van der Waals surface area (Å²) >= 11 is 0. The van der Waals surface area contributed by atoms with Crippen molar-refractivity contribution < 1.29 is 39.5 Å². The van der Waals surface area contributed by atoms with Gasteiger partial charge in [0.15, 0.2) is 0 Å². The van der Waals surface area contributed by atoms with Crippen molar-refractivity contribution in [1.82, 2.24) is 0 Å². The normalized spacial score (nSPS) is 19.6. The van der Waals surface area contributed by atoms with Crippen LogP contribution in [0.25, 0.3) is 0 Å².